The van der Waals surface area contributed by atoms with Crippen LogP contribution in [0.4, 0.5) is 0 Å². The predicted octanol–water partition coefficient (Wildman–Crippen LogP) is 4.77. The second-order valence-electron chi connectivity index (χ2n) is 6.16. The molecule has 1 heterocycles. The minimum atomic E-state index is -0.450. The third kappa shape index (κ3) is 4.70. The molecule has 0 bridgehead atoms. The Morgan fingerprint density at radius 2 is 1.96 bits per heavy atom. The van der Waals surface area contributed by atoms with E-state index in [2.05, 4.69) is 21.2 Å². The van der Waals surface area contributed by atoms with Crippen molar-refractivity contribution in [3.63, 3.8) is 0 Å². The molecule has 5 nitrogen and oxygen atoms in total. The van der Waals surface area contributed by atoms with Crippen molar-refractivity contribution in [1.82, 2.24) is 5.32 Å². The van der Waals surface area contributed by atoms with E-state index in [-0.39, 0.29) is 24.3 Å². The number of hydrogen-bond donors (Lipinski definition) is 1. The first-order valence-corrected chi connectivity index (χ1v) is 9.42. The van der Waals surface area contributed by atoms with Crippen LogP contribution in [0.25, 0.3) is 11.0 Å². The van der Waals surface area contributed by atoms with Crippen LogP contribution < -0.4 is 15.7 Å². The minimum absolute atomic E-state index is 0.165. The van der Waals surface area contributed by atoms with Crippen LogP contribution in [-0.2, 0) is 4.79 Å². The number of amides is 1. The molecule has 140 valence electrons. The first kappa shape index (κ1) is 19.5. The summed E-state index contributed by atoms with van der Waals surface area (Å²) in [5.41, 5.74) is 1.65. The Bertz CT molecular complexity index is 1050. The van der Waals surface area contributed by atoms with Crippen LogP contribution in [0.3, 0.4) is 0 Å². The third-order valence-corrected chi connectivity index (χ3v) is 4.93. The highest BCUT2D eigenvalue weighted by Gasteiger charge is 2.13. The number of halogens is 2. The van der Waals surface area contributed by atoms with E-state index in [9.17, 15) is 9.59 Å². The van der Waals surface area contributed by atoms with E-state index >= 15 is 0 Å². The summed E-state index contributed by atoms with van der Waals surface area (Å²) < 4.78 is 11.7. The van der Waals surface area contributed by atoms with Crippen molar-refractivity contribution in [3.05, 3.63) is 73.5 Å². The molecule has 3 rings (SSSR count). The first-order chi connectivity index (χ1) is 12.8. The average molecular weight is 451 g/mol. The summed E-state index contributed by atoms with van der Waals surface area (Å²) in [6.07, 6.45) is 0. The highest BCUT2D eigenvalue weighted by Crippen LogP contribution is 2.31. The zero-order valence-corrected chi connectivity index (χ0v) is 17.1. The molecule has 1 atom stereocenters. The Morgan fingerprint density at radius 1 is 1.26 bits per heavy atom. The molecule has 0 aliphatic heterocycles. The van der Waals surface area contributed by atoms with Gasteiger partial charge in [0.25, 0.3) is 5.91 Å². The number of carbonyl (C=O) groups is 1. The Hall–Kier alpha value is -2.31. The lowest BCUT2D eigenvalue weighted by molar-refractivity contribution is -0.123. The van der Waals surface area contributed by atoms with Crippen LogP contribution in [0.1, 0.15) is 24.1 Å². The monoisotopic (exact) mass is 449 g/mol. The SMILES string of the molecule is Cc1cc(=O)oc2cc(OCC(=O)NC(C)c3ccc(Br)cc3)c(Cl)cc12. The van der Waals surface area contributed by atoms with Gasteiger partial charge in [-0.25, -0.2) is 4.79 Å². The normalized spacial score (nSPS) is 12.0. The molecule has 0 saturated heterocycles. The molecule has 0 fully saturated rings. The fraction of sp³-hybridized carbons (Fsp3) is 0.200. The lowest BCUT2D eigenvalue weighted by Crippen LogP contribution is -2.31. The zero-order chi connectivity index (χ0) is 19.6. The fourth-order valence-electron chi connectivity index (χ4n) is 2.69. The highest BCUT2D eigenvalue weighted by molar-refractivity contribution is 9.10. The number of fused-ring (bicyclic) bond motifs is 1. The molecule has 1 aromatic heterocycles. The fourth-order valence-corrected chi connectivity index (χ4v) is 3.17. The molecular formula is C20H17BrClNO4. The van der Waals surface area contributed by atoms with Gasteiger partial charge in [0.15, 0.2) is 6.61 Å². The van der Waals surface area contributed by atoms with Gasteiger partial charge in [-0.1, -0.05) is 39.7 Å². The molecule has 0 saturated carbocycles. The van der Waals surface area contributed by atoms with E-state index in [0.717, 1.165) is 21.0 Å². The zero-order valence-electron chi connectivity index (χ0n) is 14.7. The number of rotatable bonds is 5. The molecule has 0 aliphatic carbocycles. The smallest absolute Gasteiger partial charge is 0.336 e. The summed E-state index contributed by atoms with van der Waals surface area (Å²) in [4.78, 5) is 23.7. The van der Waals surface area contributed by atoms with Crippen molar-refractivity contribution >= 4 is 44.4 Å². The Labute approximate surface area is 169 Å². The van der Waals surface area contributed by atoms with Crippen LogP contribution in [-0.4, -0.2) is 12.5 Å². The number of carbonyl (C=O) groups excluding carboxylic acids is 1. The van der Waals surface area contributed by atoms with Crippen LogP contribution in [0.5, 0.6) is 5.75 Å². The van der Waals surface area contributed by atoms with Crippen molar-refractivity contribution in [3.8, 4) is 5.75 Å². The summed E-state index contributed by atoms with van der Waals surface area (Å²) in [6.45, 7) is 3.48. The van der Waals surface area contributed by atoms with Crippen LogP contribution in [0.15, 0.2) is 56.1 Å². The van der Waals surface area contributed by atoms with Crippen LogP contribution in [0.2, 0.25) is 5.02 Å². The third-order valence-electron chi connectivity index (χ3n) is 4.11. The van der Waals surface area contributed by atoms with E-state index in [1.54, 1.807) is 13.0 Å². The van der Waals surface area contributed by atoms with E-state index in [1.807, 2.05) is 31.2 Å². The molecule has 2 aromatic carbocycles. The quantitative estimate of drug-likeness (QED) is 0.568. The highest BCUT2D eigenvalue weighted by atomic mass is 79.9. The van der Waals surface area contributed by atoms with Gasteiger partial charge in [-0.05, 0) is 43.2 Å². The van der Waals surface area contributed by atoms with Crippen molar-refractivity contribution in [2.75, 3.05) is 6.61 Å². The number of aryl methyl sites for hydroxylation is 1. The van der Waals surface area contributed by atoms with Gasteiger partial charge < -0.3 is 14.5 Å². The van der Waals surface area contributed by atoms with Crippen LogP contribution in [0, 0.1) is 6.92 Å². The maximum absolute atomic E-state index is 12.2. The van der Waals surface area contributed by atoms with E-state index < -0.39 is 5.63 Å². The Kier molecular flexibility index (Phi) is 5.87. The van der Waals surface area contributed by atoms with Crippen molar-refractivity contribution in [2.45, 2.75) is 19.9 Å². The molecule has 7 heteroatoms. The van der Waals surface area contributed by atoms with Gasteiger partial charge in [-0.15, -0.1) is 0 Å². The largest absolute Gasteiger partial charge is 0.482 e. The van der Waals surface area contributed by atoms with Gasteiger partial charge in [-0.3, -0.25) is 4.79 Å². The number of benzene rings is 2. The van der Waals surface area contributed by atoms with E-state index in [0.29, 0.717) is 10.6 Å². The van der Waals surface area contributed by atoms with Crippen LogP contribution >= 0.6 is 27.5 Å². The van der Waals surface area contributed by atoms with E-state index in [1.165, 1.54) is 12.1 Å². The molecule has 0 radical (unpaired) electrons. The van der Waals surface area contributed by atoms with Gasteiger partial charge in [0.2, 0.25) is 0 Å². The average Bonchev–Trinajstić information content (AvgIpc) is 2.61. The minimum Gasteiger partial charge on any atom is -0.482 e. The lowest BCUT2D eigenvalue weighted by Gasteiger charge is -2.15. The van der Waals surface area contributed by atoms with Crippen molar-refractivity contribution in [1.29, 1.82) is 0 Å². The summed E-state index contributed by atoms with van der Waals surface area (Å²) in [6, 6.07) is 12.1. The summed E-state index contributed by atoms with van der Waals surface area (Å²) in [5, 5.41) is 3.93. The maximum Gasteiger partial charge on any atom is 0.336 e. The molecule has 27 heavy (non-hydrogen) atoms. The summed E-state index contributed by atoms with van der Waals surface area (Å²) >= 11 is 9.62. The maximum atomic E-state index is 12.2. The van der Waals surface area contributed by atoms with Crippen molar-refractivity contribution < 1.29 is 13.9 Å². The Morgan fingerprint density at radius 3 is 2.67 bits per heavy atom. The van der Waals surface area contributed by atoms with Gasteiger partial charge in [0, 0.05) is 22.0 Å². The molecule has 1 amide bonds. The lowest BCUT2D eigenvalue weighted by atomic mass is 10.1. The van der Waals surface area contributed by atoms with Gasteiger partial charge >= 0.3 is 5.63 Å². The predicted molar refractivity (Wildman–Crippen MR) is 108 cm³/mol. The Balaban J connectivity index is 1.68. The van der Waals surface area contributed by atoms with Crippen molar-refractivity contribution in [2.24, 2.45) is 0 Å². The number of nitrogens with one attached hydrogen (secondary N) is 1. The molecule has 1 N–H and O–H groups in total. The standard InChI is InChI=1S/C20H17BrClNO4/c1-11-7-20(25)27-17-9-18(16(22)8-15(11)17)26-10-19(24)23-12(2)13-3-5-14(21)6-4-13/h3-9,12H,10H2,1-2H3,(H,23,24). The second kappa shape index (κ2) is 8.15. The topological polar surface area (TPSA) is 68.5 Å². The number of ether oxygens (including phenoxy) is 1. The first-order valence-electron chi connectivity index (χ1n) is 8.25. The van der Waals surface area contributed by atoms with E-state index in [4.69, 9.17) is 20.8 Å². The molecule has 3 aromatic rings. The van der Waals surface area contributed by atoms with Gasteiger partial charge in [0.1, 0.15) is 11.3 Å². The molecule has 0 aliphatic rings. The molecule has 1 unspecified atom stereocenters. The molecular weight excluding hydrogens is 434 g/mol. The second-order valence-corrected chi connectivity index (χ2v) is 7.48. The summed E-state index contributed by atoms with van der Waals surface area (Å²) in [5.74, 6) is -0.00311. The molecule has 0 spiro atoms. The number of hydrogen-bond acceptors (Lipinski definition) is 4. The van der Waals surface area contributed by atoms with Gasteiger partial charge in [-0.2, -0.15) is 0 Å². The summed E-state index contributed by atoms with van der Waals surface area (Å²) in [7, 11) is 0. The van der Waals surface area contributed by atoms with Gasteiger partial charge in [0.05, 0.1) is 11.1 Å².